The first kappa shape index (κ1) is 16.1. The van der Waals surface area contributed by atoms with Crippen LogP contribution in [0.3, 0.4) is 0 Å². The summed E-state index contributed by atoms with van der Waals surface area (Å²) in [5.74, 6) is -0.0336. The van der Waals surface area contributed by atoms with Crippen LogP contribution in [0.25, 0.3) is 0 Å². The number of halogens is 4. The van der Waals surface area contributed by atoms with Gasteiger partial charge in [0.2, 0.25) is 0 Å². The Bertz CT molecular complexity index is 531. The number of alkyl halides is 4. The van der Waals surface area contributed by atoms with Gasteiger partial charge in [-0.2, -0.15) is 13.2 Å². The Morgan fingerprint density at radius 2 is 1.84 bits per heavy atom. The molecule has 0 radical (unpaired) electrons. The first-order chi connectivity index (χ1) is 8.65. The molecule has 1 rings (SSSR count). The third kappa shape index (κ3) is 4.91. The summed E-state index contributed by atoms with van der Waals surface area (Å²) in [5, 5.41) is 0. The Morgan fingerprint density at radius 1 is 1.26 bits per heavy atom. The molecule has 0 aromatic heterocycles. The molecule has 1 aromatic rings. The van der Waals surface area contributed by atoms with E-state index in [2.05, 4.69) is 0 Å². The highest BCUT2D eigenvalue weighted by atomic mass is 35.5. The van der Waals surface area contributed by atoms with Crippen LogP contribution in [0.4, 0.5) is 18.9 Å². The van der Waals surface area contributed by atoms with Crippen molar-refractivity contribution in [1.82, 2.24) is 0 Å². The van der Waals surface area contributed by atoms with Crippen LogP contribution in [-0.2, 0) is 9.84 Å². The summed E-state index contributed by atoms with van der Waals surface area (Å²) in [6, 6.07) is 5.57. The number of benzene rings is 1. The number of hydrogen-bond acceptors (Lipinski definition) is 3. The first-order valence-electron chi connectivity index (χ1n) is 5.32. The maximum Gasteiger partial charge on any atom is 0.405 e. The third-order valence-corrected chi connectivity index (χ3v) is 3.64. The van der Waals surface area contributed by atoms with E-state index in [0.29, 0.717) is 0 Å². The topological polar surface area (TPSA) is 37.4 Å². The van der Waals surface area contributed by atoms with Gasteiger partial charge >= 0.3 is 6.18 Å². The van der Waals surface area contributed by atoms with Crippen molar-refractivity contribution in [3.05, 3.63) is 24.3 Å². The van der Waals surface area contributed by atoms with E-state index >= 15 is 0 Å². The lowest BCUT2D eigenvalue weighted by Crippen LogP contribution is -2.36. The van der Waals surface area contributed by atoms with Gasteiger partial charge in [-0.15, -0.1) is 11.6 Å². The quantitative estimate of drug-likeness (QED) is 0.784. The van der Waals surface area contributed by atoms with Crippen molar-refractivity contribution in [2.45, 2.75) is 11.1 Å². The molecule has 108 valence electrons. The summed E-state index contributed by atoms with van der Waals surface area (Å²) < 4.78 is 60.7. The van der Waals surface area contributed by atoms with E-state index in [9.17, 15) is 21.6 Å². The van der Waals surface area contributed by atoms with Gasteiger partial charge in [-0.05, 0) is 12.1 Å². The largest absolute Gasteiger partial charge is 0.405 e. The second-order valence-electron chi connectivity index (χ2n) is 3.97. The zero-order valence-electron chi connectivity index (χ0n) is 10.1. The molecular formula is C11H13ClF3NO2S. The average Bonchev–Trinajstić information content (AvgIpc) is 2.25. The van der Waals surface area contributed by atoms with Crippen molar-refractivity contribution in [3.8, 4) is 0 Å². The van der Waals surface area contributed by atoms with Crippen LogP contribution < -0.4 is 4.90 Å². The molecule has 0 saturated carbocycles. The highest BCUT2D eigenvalue weighted by Crippen LogP contribution is 2.28. The van der Waals surface area contributed by atoms with Crippen LogP contribution >= 0.6 is 11.6 Å². The minimum absolute atomic E-state index is 0.0166. The summed E-state index contributed by atoms with van der Waals surface area (Å²) >= 11 is 5.48. The van der Waals surface area contributed by atoms with E-state index in [-0.39, 0.29) is 23.0 Å². The van der Waals surface area contributed by atoms with Crippen LogP contribution in [0.1, 0.15) is 0 Å². The fraction of sp³-hybridized carbons (Fsp3) is 0.455. The number of hydrogen-bond donors (Lipinski definition) is 0. The molecule has 0 spiro atoms. The molecule has 3 nitrogen and oxygen atoms in total. The van der Waals surface area contributed by atoms with Gasteiger partial charge < -0.3 is 4.90 Å². The first-order valence-corrected chi connectivity index (χ1v) is 7.74. The highest BCUT2D eigenvalue weighted by Gasteiger charge is 2.32. The Balaban J connectivity index is 3.23. The van der Waals surface area contributed by atoms with E-state index in [1.165, 1.54) is 24.3 Å². The fourth-order valence-corrected chi connectivity index (χ4v) is 2.74. The van der Waals surface area contributed by atoms with Gasteiger partial charge in [0.1, 0.15) is 6.54 Å². The highest BCUT2D eigenvalue weighted by molar-refractivity contribution is 7.90. The second kappa shape index (κ2) is 6.00. The lowest BCUT2D eigenvalue weighted by atomic mass is 10.3. The Morgan fingerprint density at radius 3 is 2.32 bits per heavy atom. The molecule has 0 aliphatic carbocycles. The molecule has 0 saturated heterocycles. The van der Waals surface area contributed by atoms with Crippen molar-refractivity contribution in [2.24, 2.45) is 0 Å². The van der Waals surface area contributed by atoms with Gasteiger partial charge in [0, 0.05) is 18.7 Å². The van der Waals surface area contributed by atoms with Gasteiger partial charge in [0.05, 0.1) is 10.6 Å². The molecule has 19 heavy (non-hydrogen) atoms. The predicted molar refractivity (Wildman–Crippen MR) is 68.5 cm³/mol. The number of para-hydroxylation sites is 1. The van der Waals surface area contributed by atoms with E-state index in [1.807, 2.05) is 0 Å². The lowest BCUT2D eigenvalue weighted by Gasteiger charge is -2.26. The molecule has 0 atom stereocenters. The maximum atomic E-state index is 12.5. The standard InChI is InChI=1S/C11H13ClF3NO2S/c1-19(17,18)10-5-3-2-4-9(10)16(7-6-12)8-11(13,14)15/h2-5H,6-8H2,1H3. The molecule has 0 heterocycles. The molecule has 0 bridgehead atoms. The van der Waals surface area contributed by atoms with Crippen molar-refractivity contribution < 1.29 is 21.6 Å². The molecule has 0 N–H and O–H groups in total. The van der Waals surface area contributed by atoms with E-state index in [4.69, 9.17) is 11.6 Å². The van der Waals surface area contributed by atoms with Crippen LogP contribution in [0, 0.1) is 0 Å². The number of rotatable bonds is 5. The third-order valence-electron chi connectivity index (χ3n) is 2.33. The Labute approximate surface area is 114 Å². The zero-order valence-corrected chi connectivity index (χ0v) is 11.7. The van der Waals surface area contributed by atoms with Crippen molar-refractivity contribution >= 4 is 27.1 Å². The molecule has 0 amide bonds. The van der Waals surface area contributed by atoms with Gasteiger partial charge in [0.25, 0.3) is 0 Å². The fourth-order valence-electron chi connectivity index (χ4n) is 1.64. The molecule has 8 heteroatoms. The smallest absolute Gasteiger partial charge is 0.360 e. The van der Waals surface area contributed by atoms with Crippen molar-refractivity contribution in [3.63, 3.8) is 0 Å². The molecule has 0 aliphatic heterocycles. The second-order valence-corrected chi connectivity index (χ2v) is 6.33. The monoisotopic (exact) mass is 315 g/mol. The maximum absolute atomic E-state index is 12.5. The average molecular weight is 316 g/mol. The number of nitrogens with zero attached hydrogens (tertiary/aromatic N) is 1. The Hall–Kier alpha value is -0.950. The minimum Gasteiger partial charge on any atom is -0.360 e. The van der Waals surface area contributed by atoms with Crippen molar-refractivity contribution in [2.75, 3.05) is 30.1 Å². The van der Waals surface area contributed by atoms with Crippen LogP contribution in [-0.4, -0.2) is 39.8 Å². The van der Waals surface area contributed by atoms with Crippen LogP contribution in [0.15, 0.2) is 29.2 Å². The normalized spacial score (nSPS) is 12.5. The summed E-state index contributed by atoms with van der Waals surface area (Å²) in [7, 11) is -3.60. The lowest BCUT2D eigenvalue weighted by molar-refractivity contribution is -0.119. The zero-order chi connectivity index (χ0) is 14.7. The van der Waals surface area contributed by atoms with Gasteiger partial charge in [-0.25, -0.2) is 8.42 Å². The summed E-state index contributed by atoms with van der Waals surface area (Å²) in [6.45, 7) is -1.33. The number of anilines is 1. The molecule has 0 fully saturated rings. The van der Waals surface area contributed by atoms with Gasteiger partial charge in [0.15, 0.2) is 9.84 Å². The molecule has 0 unspecified atom stereocenters. The van der Waals surface area contributed by atoms with E-state index in [1.54, 1.807) is 0 Å². The summed E-state index contributed by atoms with van der Waals surface area (Å²) in [6.07, 6.45) is -3.48. The Kier molecular flexibility index (Phi) is 5.09. The molecule has 1 aromatic carbocycles. The van der Waals surface area contributed by atoms with Crippen molar-refractivity contribution in [1.29, 1.82) is 0 Å². The molecular weight excluding hydrogens is 303 g/mol. The minimum atomic E-state index is -4.43. The predicted octanol–water partition coefficient (Wildman–Crippen LogP) is 2.70. The van der Waals surface area contributed by atoms with Crippen LogP contribution in [0.2, 0.25) is 0 Å². The number of sulfone groups is 1. The van der Waals surface area contributed by atoms with Crippen LogP contribution in [0.5, 0.6) is 0 Å². The summed E-state index contributed by atoms with van der Waals surface area (Å²) in [5.41, 5.74) is 0.0166. The SMILES string of the molecule is CS(=O)(=O)c1ccccc1N(CCCl)CC(F)(F)F. The summed E-state index contributed by atoms with van der Waals surface area (Å²) in [4.78, 5) is 0.785. The van der Waals surface area contributed by atoms with Gasteiger partial charge in [-0.1, -0.05) is 12.1 Å². The molecule has 0 aliphatic rings. The van der Waals surface area contributed by atoms with E-state index in [0.717, 1.165) is 11.2 Å². The van der Waals surface area contributed by atoms with Gasteiger partial charge in [-0.3, -0.25) is 0 Å². The van der Waals surface area contributed by atoms with E-state index < -0.39 is 22.6 Å².